The molecule has 0 aromatic carbocycles. The number of hydrogen-bond donors (Lipinski definition) is 0. The Labute approximate surface area is 125 Å². The Morgan fingerprint density at radius 1 is 0.800 bits per heavy atom. The molecule has 0 fully saturated rings. The molecule has 20 heavy (non-hydrogen) atoms. The lowest BCUT2D eigenvalue weighted by Gasteiger charge is -2.17. The number of unbranched alkanes of at least 4 members (excludes halogenated alkanes) is 1. The number of carbonyl (C=O) groups is 1. The van der Waals surface area contributed by atoms with Crippen molar-refractivity contribution in [1.29, 1.82) is 0 Å². The van der Waals surface area contributed by atoms with E-state index in [1.165, 1.54) is 0 Å². The zero-order valence-electron chi connectivity index (χ0n) is 14.4. The average Bonchev–Trinajstić information content (AvgIpc) is 2.22. The molecular weight excluding hydrogens is 252 g/mol. The second-order valence-electron chi connectivity index (χ2n) is 7.96. The van der Waals surface area contributed by atoms with Crippen LogP contribution in [0.3, 0.4) is 0 Å². The van der Waals surface area contributed by atoms with Crippen LogP contribution in [0.1, 0.15) is 67.2 Å². The number of rotatable bonds is 10. The summed E-state index contributed by atoms with van der Waals surface area (Å²) in [7, 11) is 0. The van der Waals surface area contributed by atoms with E-state index in [4.69, 9.17) is 9.47 Å². The quantitative estimate of drug-likeness (QED) is 0.563. The second kappa shape index (κ2) is 9.51. The first-order valence-electron chi connectivity index (χ1n) is 7.77. The van der Waals surface area contributed by atoms with E-state index in [1.807, 2.05) is 0 Å². The molecule has 0 aromatic heterocycles. The zero-order chi connectivity index (χ0) is 15.6. The Morgan fingerprint density at radius 3 is 1.85 bits per heavy atom. The van der Waals surface area contributed by atoms with Gasteiger partial charge in [0.05, 0.1) is 0 Å². The van der Waals surface area contributed by atoms with Crippen LogP contribution in [-0.2, 0) is 14.3 Å². The minimum Gasteiger partial charge on any atom is -0.381 e. The molecule has 0 heterocycles. The average molecular weight is 286 g/mol. The number of hydrogen-bond acceptors (Lipinski definition) is 3. The third kappa shape index (κ3) is 15.6. The third-order valence-electron chi connectivity index (χ3n) is 2.81. The number of Topliss-reactive ketones (excluding diaryl/α,β-unsaturated/α-hetero) is 1. The largest absolute Gasteiger partial charge is 0.381 e. The van der Waals surface area contributed by atoms with Crippen LogP contribution in [0.25, 0.3) is 0 Å². The van der Waals surface area contributed by atoms with Crippen LogP contribution in [0.4, 0.5) is 0 Å². The van der Waals surface area contributed by atoms with Crippen LogP contribution in [0, 0.1) is 10.8 Å². The molecule has 0 bridgehead atoms. The van der Waals surface area contributed by atoms with E-state index in [9.17, 15) is 4.79 Å². The summed E-state index contributed by atoms with van der Waals surface area (Å²) in [5.41, 5.74) is 0.401. The van der Waals surface area contributed by atoms with Gasteiger partial charge in [-0.15, -0.1) is 0 Å². The topological polar surface area (TPSA) is 35.5 Å². The Morgan fingerprint density at radius 2 is 1.35 bits per heavy atom. The summed E-state index contributed by atoms with van der Waals surface area (Å²) in [5, 5.41) is 0. The smallest absolute Gasteiger partial charge is 0.158 e. The predicted octanol–water partition coefficient (Wildman–Crippen LogP) is 4.24. The van der Waals surface area contributed by atoms with E-state index in [0.717, 1.165) is 32.5 Å². The number of ketones is 1. The molecule has 0 aliphatic rings. The van der Waals surface area contributed by atoms with Gasteiger partial charge >= 0.3 is 0 Å². The first-order chi connectivity index (χ1) is 9.10. The minimum absolute atomic E-state index is 0.0569. The highest BCUT2D eigenvalue weighted by molar-refractivity contribution is 5.80. The molecule has 3 heteroatoms. The normalized spacial score (nSPS) is 12.7. The van der Waals surface area contributed by atoms with Crippen molar-refractivity contribution in [1.82, 2.24) is 0 Å². The van der Waals surface area contributed by atoms with Crippen molar-refractivity contribution in [2.75, 3.05) is 26.4 Å². The summed E-state index contributed by atoms with van der Waals surface area (Å²) in [6.07, 6.45) is 3.63. The molecule has 0 atom stereocenters. The van der Waals surface area contributed by atoms with Gasteiger partial charge in [-0.05, 0) is 30.1 Å². The zero-order valence-corrected chi connectivity index (χ0v) is 14.4. The van der Waals surface area contributed by atoms with Crippen LogP contribution in [-0.4, -0.2) is 32.2 Å². The fourth-order valence-electron chi connectivity index (χ4n) is 1.72. The van der Waals surface area contributed by atoms with E-state index in [-0.39, 0.29) is 17.8 Å². The van der Waals surface area contributed by atoms with E-state index in [0.29, 0.717) is 18.4 Å². The highest BCUT2D eigenvalue weighted by Gasteiger charge is 2.15. The summed E-state index contributed by atoms with van der Waals surface area (Å²) in [6.45, 7) is 15.4. The molecule has 0 unspecified atom stereocenters. The van der Waals surface area contributed by atoms with E-state index >= 15 is 0 Å². The molecule has 3 nitrogen and oxygen atoms in total. The molecule has 0 radical (unpaired) electrons. The SMILES string of the molecule is CC(C)(C)CCOCCCCOCC(=O)CC(C)(C)C. The van der Waals surface area contributed by atoms with Crippen LogP contribution in [0.2, 0.25) is 0 Å². The predicted molar refractivity (Wildman–Crippen MR) is 84.0 cm³/mol. The fraction of sp³-hybridized carbons (Fsp3) is 0.941. The Hall–Kier alpha value is -0.410. The van der Waals surface area contributed by atoms with Crippen molar-refractivity contribution >= 4 is 5.78 Å². The van der Waals surface area contributed by atoms with Gasteiger partial charge in [0.25, 0.3) is 0 Å². The van der Waals surface area contributed by atoms with Crippen LogP contribution < -0.4 is 0 Å². The molecule has 0 spiro atoms. The van der Waals surface area contributed by atoms with Gasteiger partial charge in [-0.2, -0.15) is 0 Å². The Balaban J connectivity index is 3.31. The summed E-state index contributed by atoms with van der Waals surface area (Å²) >= 11 is 0. The monoisotopic (exact) mass is 286 g/mol. The molecule has 0 amide bonds. The maximum absolute atomic E-state index is 11.6. The number of carbonyl (C=O) groups excluding carboxylic acids is 1. The van der Waals surface area contributed by atoms with Gasteiger partial charge in [0, 0.05) is 26.2 Å². The lowest BCUT2D eigenvalue weighted by Crippen LogP contribution is -2.17. The summed E-state index contributed by atoms with van der Waals surface area (Å²) in [4.78, 5) is 11.6. The standard InChI is InChI=1S/C17H34O3/c1-16(2,3)9-12-19-10-7-8-11-20-14-15(18)13-17(4,5)6/h7-14H2,1-6H3. The van der Waals surface area contributed by atoms with Crippen LogP contribution >= 0.6 is 0 Å². The molecule has 0 rings (SSSR count). The Kier molecular flexibility index (Phi) is 9.32. The second-order valence-corrected chi connectivity index (χ2v) is 7.96. The summed E-state index contributed by atoms with van der Waals surface area (Å²) in [5.74, 6) is 0.193. The molecule has 0 aromatic rings. The lowest BCUT2D eigenvalue weighted by atomic mass is 9.90. The molecular formula is C17H34O3. The molecule has 120 valence electrons. The highest BCUT2D eigenvalue weighted by atomic mass is 16.5. The molecule has 0 saturated heterocycles. The molecule has 0 N–H and O–H groups in total. The van der Waals surface area contributed by atoms with Crippen molar-refractivity contribution in [3.63, 3.8) is 0 Å². The summed E-state index contributed by atoms with van der Waals surface area (Å²) in [6, 6.07) is 0. The van der Waals surface area contributed by atoms with Gasteiger partial charge in [0.15, 0.2) is 5.78 Å². The van der Waals surface area contributed by atoms with Crippen molar-refractivity contribution < 1.29 is 14.3 Å². The van der Waals surface area contributed by atoms with Gasteiger partial charge in [-0.3, -0.25) is 4.79 Å². The first-order valence-corrected chi connectivity index (χ1v) is 7.77. The maximum Gasteiger partial charge on any atom is 0.158 e. The highest BCUT2D eigenvalue weighted by Crippen LogP contribution is 2.19. The molecule has 0 saturated carbocycles. The van der Waals surface area contributed by atoms with Crippen molar-refractivity contribution in [3.8, 4) is 0 Å². The summed E-state index contributed by atoms with van der Waals surface area (Å²) < 4.78 is 11.0. The van der Waals surface area contributed by atoms with E-state index in [1.54, 1.807) is 0 Å². The number of ether oxygens (including phenoxy) is 2. The Bertz CT molecular complexity index is 258. The minimum atomic E-state index is 0.0569. The van der Waals surface area contributed by atoms with Crippen LogP contribution in [0.15, 0.2) is 0 Å². The fourth-order valence-corrected chi connectivity index (χ4v) is 1.72. The first kappa shape index (κ1) is 19.6. The van der Waals surface area contributed by atoms with Crippen molar-refractivity contribution in [3.05, 3.63) is 0 Å². The van der Waals surface area contributed by atoms with Gasteiger partial charge in [-0.25, -0.2) is 0 Å². The third-order valence-corrected chi connectivity index (χ3v) is 2.81. The molecule has 0 aliphatic carbocycles. The van der Waals surface area contributed by atoms with Crippen LogP contribution in [0.5, 0.6) is 0 Å². The van der Waals surface area contributed by atoms with Gasteiger partial charge in [0.1, 0.15) is 6.61 Å². The maximum atomic E-state index is 11.6. The van der Waals surface area contributed by atoms with Crippen molar-refractivity contribution in [2.45, 2.75) is 67.2 Å². The molecule has 0 aliphatic heterocycles. The van der Waals surface area contributed by atoms with Gasteiger partial charge in [0.2, 0.25) is 0 Å². The van der Waals surface area contributed by atoms with Crippen molar-refractivity contribution in [2.24, 2.45) is 10.8 Å². The van der Waals surface area contributed by atoms with Gasteiger partial charge in [-0.1, -0.05) is 41.5 Å². The lowest BCUT2D eigenvalue weighted by molar-refractivity contribution is -0.125. The van der Waals surface area contributed by atoms with Gasteiger partial charge < -0.3 is 9.47 Å². The van der Waals surface area contributed by atoms with E-state index in [2.05, 4.69) is 41.5 Å². The van der Waals surface area contributed by atoms with E-state index < -0.39 is 0 Å².